The number of benzene rings is 3. The van der Waals surface area contributed by atoms with E-state index < -0.39 is 5.91 Å². The number of aromatic nitrogens is 1. The average molecular weight is 506 g/mol. The molecule has 1 heterocycles. The zero-order valence-corrected chi connectivity index (χ0v) is 21.2. The minimum absolute atomic E-state index is 0.0709. The molecule has 8 heteroatoms. The van der Waals surface area contributed by atoms with E-state index in [2.05, 4.69) is 43.1 Å². The topological polar surface area (TPSA) is 85.4 Å². The molecule has 0 unspecified atom stereocenters. The Morgan fingerprint density at radius 1 is 0.972 bits per heavy atom. The third-order valence-corrected chi connectivity index (χ3v) is 5.98. The molecule has 3 aromatic carbocycles. The second-order valence-electron chi connectivity index (χ2n) is 9.28. The molecule has 0 saturated heterocycles. The van der Waals surface area contributed by atoms with Crippen LogP contribution in [-0.2, 0) is 16.8 Å². The van der Waals surface area contributed by atoms with Gasteiger partial charge in [-0.1, -0.05) is 74.8 Å². The standard InChI is InChI=1S/C28H28ClN3O4/c1-28(2,3)19-12-14-20(15-13-19)35-17-16-32-23-10-6-4-8-21(23)26(27(32)34)31-30-25(33)18-36-24-11-7-5-9-22(24)29/h4-15,34H,16-18H2,1-3H3. The summed E-state index contributed by atoms with van der Waals surface area (Å²) in [5.74, 6) is 0.442. The Balaban J connectivity index is 1.44. The number of hydrogen-bond donors (Lipinski definition) is 1. The Morgan fingerprint density at radius 2 is 1.67 bits per heavy atom. The highest BCUT2D eigenvalue weighted by atomic mass is 35.5. The van der Waals surface area contributed by atoms with Crippen molar-refractivity contribution in [2.75, 3.05) is 13.2 Å². The molecule has 0 bridgehead atoms. The van der Waals surface area contributed by atoms with Crippen LogP contribution in [0.25, 0.3) is 10.9 Å². The summed E-state index contributed by atoms with van der Waals surface area (Å²) < 4.78 is 13.0. The van der Waals surface area contributed by atoms with Gasteiger partial charge in [0.1, 0.15) is 18.1 Å². The molecule has 1 N–H and O–H groups in total. The van der Waals surface area contributed by atoms with Crippen molar-refractivity contribution in [1.29, 1.82) is 0 Å². The van der Waals surface area contributed by atoms with Gasteiger partial charge in [0.15, 0.2) is 12.3 Å². The number of fused-ring (bicyclic) bond motifs is 1. The van der Waals surface area contributed by atoms with Crippen molar-refractivity contribution in [3.8, 4) is 17.4 Å². The van der Waals surface area contributed by atoms with Crippen LogP contribution in [-0.4, -0.2) is 28.8 Å². The number of aromatic hydroxyl groups is 1. The van der Waals surface area contributed by atoms with Gasteiger partial charge < -0.3 is 19.1 Å². The minimum Gasteiger partial charge on any atom is -0.493 e. The summed E-state index contributed by atoms with van der Waals surface area (Å²) in [4.78, 5) is 12.2. The lowest BCUT2D eigenvalue weighted by Crippen LogP contribution is -2.11. The van der Waals surface area contributed by atoms with Crippen molar-refractivity contribution in [3.05, 3.63) is 83.4 Å². The Kier molecular flexibility index (Phi) is 7.60. The molecular formula is C28H28ClN3O4. The number of carbonyl (C=O) groups is 1. The van der Waals surface area contributed by atoms with Gasteiger partial charge in [0.05, 0.1) is 17.1 Å². The zero-order valence-electron chi connectivity index (χ0n) is 20.4. The smallest absolute Gasteiger partial charge is 0.302 e. The second kappa shape index (κ2) is 10.8. The zero-order chi connectivity index (χ0) is 25.7. The first-order valence-corrected chi connectivity index (χ1v) is 12.0. The quantitative estimate of drug-likeness (QED) is 0.259. The van der Waals surface area contributed by atoms with E-state index in [0.717, 1.165) is 11.3 Å². The van der Waals surface area contributed by atoms with Crippen molar-refractivity contribution in [3.63, 3.8) is 0 Å². The van der Waals surface area contributed by atoms with E-state index in [1.165, 1.54) is 5.56 Å². The average Bonchev–Trinajstić information content (AvgIpc) is 3.12. The molecule has 0 spiro atoms. The highest BCUT2D eigenvalue weighted by Gasteiger charge is 2.17. The summed E-state index contributed by atoms with van der Waals surface area (Å²) in [7, 11) is 0. The molecule has 36 heavy (non-hydrogen) atoms. The number of carbonyl (C=O) groups excluding carboxylic acids is 1. The summed E-state index contributed by atoms with van der Waals surface area (Å²) >= 11 is 6.04. The summed E-state index contributed by atoms with van der Waals surface area (Å²) in [6.45, 7) is 6.88. The molecule has 0 radical (unpaired) electrons. The molecule has 0 saturated carbocycles. The molecule has 4 aromatic rings. The fourth-order valence-electron chi connectivity index (χ4n) is 3.74. The first-order chi connectivity index (χ1) is 17.2. The van der Waals surface area contributed by atoms with Gasteiger partial charge in [-0.05, 0) is 41.3 Å². The van der Waals surface area contributed by atoms with E-state index in [-0.39, 0.29) is 23.6 Å². The maximum absolute atomic E-state index is 12.2. The highest BCUT2D eigenvalue weighted by Crippen LogP contribution is 2.38. The largest absolute Gasteiger partial charge is 0.493 e. The van der Waals surface area contributed by atoms with Gasteiger partial charge >= 0.3 is 5.91 Å². The van der Waals surface area contributed by atoms with E-state index in [1.54, 1.807) is 28.8 Å². The van der Waals surface area contributed by atoms with Crippen LogP contribution >= 0.6 is 11.6 Å². The number of amides is 1. The van der Waals surface area contributed by atoms with Gasteiger partial charge in [-0.3, -0.25) is 4.79 Å². The Bertz CT molecular complexity index is 1390. The molecular weight excluding hydrogens is 478 g/mol. The lowest BCUT2D eigenvalue weighted by atomic mass is 9.87. The Morgan fingerprint density at radius 3 is 2.39 bits per heavy atom. The van der Waals surface area contributed by atoms with Crippen molar-refractivity contribution >= 4 is 34.1 Å². The molecule has 186 valence electrons. The molecule has 0 fully saturated rings. The molecule has 0 aliphatic carbocycles. The Hall–Kier alpha value is -3.84. The summed E-state index contributed by atoms with van der Waals surface area (Å²) in [6.07, 6.45) is 0. The third-order valence-electron chi connectivity index (χ3n) is 5.67. The summed E-state index contributed by atoms with van der Waals surface area (Å²) in [6, 6.07) is 22.3. The lowest BCUT2D eigenvalue weighted by Gasteiger charge is -2.19. The van der Waals surface area contributed by atoms with E-state index in [1.807, 2.05) is 36.4 Å². The normalized spacial score (nSPS) is 11.8. The molecule has 0 aliphatic heterocycles. The monoisotopic (exact) mass is 505 g/mol. The number of ether oxygens (including phenoxy) is 2. The van der Waals surface area contributed by atoms with Crippen LogP contribution in [0.5, 0.6) is 17.4 Å². The van der Waals surface area contributed by atoms with Gasteiger partial charge in [0.2, 0.25) is 5.88 Å². The first-order valence-electron chi connectivity index (χ1n) is 11.6. The molecule has 1 amide bonds. The predicted octanol–water partition coefficient (Wildman–Crippen LogP) is 7.07. The predicted molar refractivity (Wildman–Crippen MR) is 141 cm³/mol. The van der Waals surface area contributed by atoms with E-state index in [9.17, 15) is 9.90 Å². The van der Waals surface area contributed by atoms with E-state index in [4.69, 9.17) is 21.1 Å². The van der Waals surface area contributed by atoms with Gasteiger partial charge in [-0.25, -0.2) is 0 Å². The fraction of sp³-hybridized carbons (Fsp3) is 0.250. The highest BCUT2D eigenvalue weighted by molar-refractivity contribution is 6.32. The number of azo groups is 1. The first kappa shape index (κ1) is 25.3. The fourth-order valence-corrected chi connectivity index (χ4v) is 3.93. The van der Waals surface area contributed by atoms with Crippen LogP contribution in [0.15, 0.2) is 83.0 Å². The third kappa shape index (κ3) is 5.86. The summed E-state index contributed by atoms with van der Waals surface area (Å²) in [5.41, 5.74) is 2.27. The minimum atomic E-state index is -0.604. The van der Waals surface area contributed by atoms with E-state index >= 15 is 0 Å². The van der Waals surface area contributed by atoms with Gasteiger partial charge in [0.25, 0.3) is 0 Å². The van der Waals surface area contributed by atoms with Crippen LogP contribution in [0.2, 0.25) is 5.02 Å². The van der Waals surface area contributed by atoms with Crippen LogP contribution in [0.1, 0.15) is 26.3 Å². The molecule has 0 atom stereocenters. The number of para-hydroxylation sites is 2. The van der Waals surface area contributed by atoms with Crippen molar-refractivity contribution in [1.82, 2.24) is 4.57 Å². The van der Waals surface area contributed by atoms with Gasteiger partial charge in [-0.15, -0.1) is 10.2 Å². The molecule has 4 rings (SSSR count). The number of nitrogens with zero attached hydrogens (tertiary/aromatic N) is 3. The SMILES string of the molecule is CC(C)(C)c1ccc(OCCn2c(O)c(N=NC(=O)COc3ccccc3Cl)c3ccccc32)cc1. The lowest BCUT2D eigenvalue weighted by molar-refractivity contribution is -0.120. The maximum atomic E-state index is 12.2. The van der Waals surface area contributed by atoms with Crippen LogP contribution in [0.3, 0.4) is 0 Å². The van der Waals surface area contributed by atoms with Crippen LogP contribution in [0, 0.1) is 0 Å². The molecule has 0 aliphatic rings. The number of rotatable bonds is 8. The molecule has 7 nitrogen and oxygen atoms in total. The van der Waals surface area contributed by atoms with Crippen LogP contribution < -0.4 is 9.47 Å². The Labute approximate surface area is 214 Å². The van der Waals surface area contributed by atoms with Crippen LogP contribution in [0.4, 0.5) is 5.69 Å². The summed E-state index contributed by atoms with van der Waals surface area (Å²) in [5, 5.41) is 19.7. The maximum Gasteiger partial charge on any atom is 0.302 e. The van der Waals surface area contributed by atoms with Crippen molar-refractivity contribution < 1.29 is 19.4 Å². The van der Waals surface area contributed by atoms with Gasteiger partial charge in [0, 0.05) is 5.39 Å². The van der Waals surface area contributed by atoms with E-state index in [0.29, 0.717) is 29.3 Å². The molecule has 1 aromatic heterocycles. The number of halogens is 1. The van der Waals surface area contributed by atoms with Crippen molar-refractivity contribution in [2.24, 2.45) is 10.2 Å². The second-order valence-corrected chi connectivity index (χ2v) is 9.68. The van der Waals surface area contributed by atoms with Crippen molar-refractivity contribution in [2.45, 2.75) is 32.7 Å². The van der Waals surface area contributed by atoms with Gasteiger partial charge in [-0.2, -0.15) is 0 Å². The number of hydrogen-bond acceptors (Lipinski definition) is 5.